The Morgan fingerprint density at radius 2 is 2.00 bits per heavy atom. The minimum Gasteiger partial charge on any atom is -0.402 e. The van der Waals surface area contributed by atoms with Crippen LogP contribution in [0.3, 0.4) is 0 Å². The third-order valence-corrected chi connectivity index (χ3v) is 6.08. The van der Waals surface area contributed by atoms with E-state index in [9.17, 15) is 4.79 Å². The largest absolute Gasteiger partial charge is 0.402 e. The average molecular weight is 430 g/mol. The van der Waals surface area contributed by atoms with Crippen LogP contribution in [0.2, 0.25) is 0 Å². The van der Waals surface area contributed by atoms with Gasteiger partial charge in [0.2, 0.25) is 5.95 Å². The molecule has 1 aromatic carbocycles. The van der Waals surface area contributed by atoms with E-state index < -0.39 is 0 Å². The second-order valence-electron chi connectivity index (χ2n) is 7.01. The van der Waals surface area contributed by atoms with Crippen molar-refractivity contribution in [1.82, 2.24) is 15.0 Å². The van der Waals surface area contributed by atoms with Crippen LogP contribution in [-0.4, -0.2) is 35.0 Å². The van der Waals surface area contributed by atoms with Crippen LogP contribution in [-0.2, 0) is 4.84 Å². The number of hydrogen-bond acceptors (Lipinski definition) is 9. The number of aromatic nitrogens is 2. The van der Waals surface area contributed by atoms with Gasteiger partial charge in [0.25, 0.3) is 5.91 Å². The first-order chi connectivity index (χ1) is 14.5. The second kappa shape index (κ2) is 10.3. The van der Waals surface area contributed by atoms with Crippen LogP contribution in [0.1, 0.15) is 47.5 Å². The molecule has 0 unspecified atom stereocenters. The van der Waals surface area contributed by atoms with Crippen molar-refractivity contribution in [1.29, 1.82) is 0 Å². The molecule has 1 saturated carbocycles. The van der Waals surface area contributed by atoms with Gasteiger partial charge >= 0.3 is 0 Å². The number of hydrazine groups is 1. The fourth-order valence-corrected chi connectivity index (χ4v) is 4.19. The zero-order chi connectivity index (χ0) is 21.5. The first-order valence-corrected chi connectivity index (χ1v) is 10.5. The van der Waals surface area contributed by atoms with E-state index in [0.29, 0.717) is 27.1 Å². The molecule has 1 amide bonds. The maximum Gasteiger partial charge on any atom is 0.259 e. The summed E-state index contributed by atoms with van der Waals surface area (Å²) in [5, 5.41) is 4.75. The number of anilines is 2. The summed E-state index contributed by atoms with van der Waals surface area (Å²) in [6, 6.07) is 5.26. The summed E-state index contributed by atoms with van der Waals surface area (Å²) >= 11 is 1.28. The minimum absolute atomic E-state index is 0.258. The van der Waals surface area contributed by atoms with Gasteiger partial charge < -0.3 is 10.7 Å². The summed E-state index contributed by atoms with van der Waals surface area (Å²) in [5.74, 6) is 6.23. The lowest BCUT2D eigenvalue weighted by molar-refractivity contribution is 0.102. The molecule has 9 nitrogen and oxygen atoms in total. The topological polar surface area (TPSA) is 131 Å². The highest BCUT2D eigenvalue weighted by molar-refractivity contribution is 8.03. The van der Waals surface area contributed by atoms with Gasteiger partial charge in [0.15, 0.2) is 0 Å². The van der Waals surface area contributed by atoms with Gasteiger partial charge in [0.05, 0.1) is 18.4 Å². The van der Waals surface area contributed by atoms with Crippen molar-refractivity contribution in [2.75, 3.05) is 25.0 Å². The number of hydrogen-bond donors (Lipinski definition) is 4. The standard InChI is InChI=1S/C20H27N7O2S/c1-27(22)18(10-21)30-17-8-7-15(26-29-2)9-16(17)19(28)25-20-23-11-14(12-24-20)13-5-3-4-6-13/h7-13,26H,3-6,21-22H2,1-2H3,(H,23,24,25,28)/b18-10+. The number of thioether (sulfide) groups is 1. The molecule has 0 atom stereocenters. The van der Waals surface area contributed by atoms with Gasteiger partial charge in [0.1, 0.15) is 5.03 Å². The Labute approximate surface area is 180 Å². The Bertz CT molecular complexity index is 897. The predicted octanol–water partition coefficient (Wildman–Crippen LogP) is 3.02. The van der Waals surface area contributed by atoms with Gasteiger partial charge in [-0.25, -0.2) is 15.8 Å². The number of nitrogens with one attached hydrogen (secondary N) is 2. The first kappa shape index (κ1) is 21.9. The molecule has 0 bridgehead atoms. The van der Waals surface area contributed by atoms with E-state index in [2.05, 4.69) is 20.8 Å². The number of nitrogens with two attached hydrogens (primary N) is 2. The third kappa shape index (κ3) is 5.41. The molecule has 6 N–H and O–H groups in total. The molecule has 1 fully saturated rings. The van der Waals surface area contributed by atoms with Crippen molar-refractivity contribution < 1.29 is 9.63 Å². The Morgan fingerprint density at radius 1 is 1.30 bits per heavy atom. The second-order valence-corrected chi connectivity index (χ2v) is 8.07. The van der Waals surface area contributed by atoms with Crippen LogP contribution < -0.4 is 22.4 Å². The van der Waals surface area contributed by atoms with Crippen molar-refractivity contribution in [3.05, 3.63) is 52.9 Å². The average Bonchev–Trinajstić information content (AvgIpc) is 3.28. The highest BCUT2D eigenvalue weighted by Crippen LogP contribution is 2.34. The molecule has 1 aromatic heterocycles. The van der Waals surface area contributed by atoms with E-state index in [1.54, 1.807) is 37.6 Å². The van der Waals surface area contributed by atoms with Crippen molar-refractivity contribution in [3.8, 4) is 0 Å². The lowest BCUT2D eigenvalue weighted by atomic mass is 10.0. The first-order valence-electron chi connectivity index (χ1n) is 9.66. The summed E-state index contributed by atoms with van der Waals surface area (Å²) in [5.41, 5.74) is 10.5. The third-order valence-electron chi connectivity index (χ3n) is 4.87. The Kier molecular flexibility index (Phi) is 7.50. The van der Waals surface area contributed by atoms with Crippen LogP contribution in [0.25, 0.3) is 0 Å². The molecule has 3 rings (SSSR count). The molecule has 0 spiro atoms. The normalized spacial score (nSPS) is 14.6. The number of benzene rings is 1. The van der Waals surface area contributed by atoms with Crippen LogP contribution >= 0.6 is 11.8 Å². The van der Waals surface area contributed by atoms with Crippen LogP contribution in [0.5, 0.6) is 0 Å². The predicted molar refractivity (Wildman–Crippen MR) is 118 cm³/mol. The van der Waals surface area contributed by atoms with Crippen molar-refractivity contribution in [2.24, 2.45) is 11.6 Å². The summed E-state index contributed by atoms with van der Waals surface area (Å²) in [6.45, 7) is 0. The molecule has 1 aliphatic rings. The van der Waals surface area contributed by atoms with Crippen molar-refractivity contribution in [3.63, 3.8) is 0 Å². The Balaban J connectivity index is 1.81. The molecular weight excluding hydrogens is 402 g/mol. The van der Waals surface area contributed by atoms with Gasteiger partial charge in [-0.05, 0) is 42.5 Å². The number of nitrogens with zero attached hydrogens (tertiary/aromatic N) is 3. The molecule has 160 valence electrons. The molecular formula is C20H27N7O2S. The molecule has 2 aromatic rings. The zero-order valence-electron chi connectivity index (χ0n) is 17.1. The van der Waals surface area contributed by atoms with Gasteiger partial charge in [0, 0.05) is 30.5 Å². The lowest BCUT2D eigenvalue weighted by Crippen LogP contribution is -2.24. The monoisotopic (exact) mass is 429 g/mol. The molecule has 10 heteroatoms. The molecule has 1 heterocycles. The maximum absolute atomic E-state index is 13.0. The summed E-state index contributed by atoms with van der Waals surface area (Å²) in [4.78, 5) is 27.3. The van der Waals surface area contributed by atoms with Gasteiger partial charge in [-0.1, -0.05) is 24.6 Å². The Morgan fingerprint density at radius 3 is 2.60 bits per heavy atom. The molecule has 30 heavy (non-hydrogen) atoms. The minimum atomic E-state index is -0.345. The van der Waals surface area contributed by atoms with Crippen molar-refractivity contribution >= 4 is 29.3 Å². The summed E-state index contributed by atoms with van der Waals surface area (Å²) in [7, 11) is 3.17. The number of amides is 1. The fraction of sp³-hybridized carbons (Fsp3) is 0.350. The number of rotatable bonds is 8. The van der Waals surface area contributed by atoms with Crippen LogP contribution in [0.4, 0.5) is 11.6 Å². The Hall–Kier alpha value is -2.82. The molecule has 0 saturated heterocycles. The van der Waals surface area contributed by atoms with E-state index in [-0.39, 0.29) is 11.9 Å². The van der Waals surface area contributed by atoms with Gasteiger partial charge in [-0.2, -0.15) is 0 Å². The lowest BCUT2D eigenvalue weighted by Gasteiger charge is -2.17. The van der Waals surface area contributed by atoms with E-state index in [1.165, 1.54) is 55.8 Å². The summed E-state index contributed by atoms with van der Waals surface area (Å²) in [6.07, 6.45) is 9.81. The molecule has 1 aliphatic carbocycles. The SMILES string of the molecule is CONc1ccc(S/C(=C/N)N(C)N)c(C(=O)Nc2ncc(C3CCCC3)cn2)c1. The quantitative estimate of drug-likeness (QED) is 0.284. The van der Waals surface area contributed by atoms with E-state index in [0.717, 1.165) is 5.56 Å². The number of carbonyl (C=O) groups is 1. The number of carbonyl (C=O) groups excluding carboxylic acids is 1. The highest BCUT2D eigenvalue weighted by atomic mass is 32.2. The van der Waals surface area contributed by atoms with E-state index in [1.807, 2.05) is 0 Å². The van der Waals surface area contributed by atoms with Crippen LogP contribution in [0, 0.1) is 0 Å². The summed E-state index contributed by atoms with van der Waals surface area (Å²) < 4.78 is 0. The highest BCUT2D eigenvalue weighted by Gasteiger charge is 2.19. The van der Waals surface area contributed by atoms with E-state index in [4.69, 9.17) is 16.4 Å². The maximum atomic E-state index is 13.0. The van der Waals surface area contributed by atoms with Gasteiger partial charge in [-0.3, -0.25) is 20.4 Å². The van der Waals surface area contributed by atoms with E-state index >= 15 is 0 Å². The smallest absolute Gasteiger partial charge is 0.259 e. The van der Waals surface area contributed by atoms with Gasteiger partial charge in [-0.15, -0.1) is 0 Å². The van der Waals surface area contributed by atoms with Crippen molar-refractivity contribution in [2.45, 2.75) is 36.5 Å². The molecule has 0 radical (unpaired) electrons. The van der Waals surface area contributed by atoms with Crippen LogP contribution in [0.15, 0.2) is 46.7 Å². The molecule has 0 aliphatic heterocycles. The fourth-order valence-electron chi connectivity index (χ4n) is 3.36. The zero-order valence-corrected chi connectivity index (χ0v) is 17.9.